The molecule has 0 N–H and O–H groups in total. The zero-order valence-corrected chi connectivity index (χ0v) is 18.4. The van der Waals surface area contributed by atoms with Crippen LogP contribution in [0.2, 0.25) is 10.0 Å². The molecule has 0 unspecified atom stereocenters. The normalized spacial score (nSPS) is 14.6. The predicted octanol–water partition coefficient (Wildman–Crippen LogP) is 6.86. The number of benzene rings is 2. The van der Waals surface area contributed by atoms with Crippen LogP contribution in [-0.2, 0) is 17.3 Å². The van der Waals surface area contributed by atoms with Crippen molar-refractivity contribution >= 4 is 40.8 Å². The lowest BCUT2D eigenvalue weighted by molar-refractivity contribution is -0.137. The van der Waals surface area contributed by atoms with Crippen LogP contribution in [-0.4, -0.2) is 22.4 Å². The Labute approximate surface area is 192 Å². The van der Waals surface area contributed by atoms with Gasteiger partial charge in [0.05, 0.1) is 23.6 Å². The molecule has 3 aromatic rings. The molecule has 0 aliphatic heterocycles. The fourth-order valence-electron chi connectivity index (χ4n) is 3.71. The Morgan fingerprint density at radius 1 is 1.19 bits per heavy atom. The molecule has 0 saturated carbocycles. The first-order chi connectivity index (χ1) is 15.2. The van der Waals surface area contributed by atoms with E-state index >= 15 is 0 Å². The van der Waals surface area contributed by atoms with Crippen molar-refractivity contribution in [1.82, 2.24) is 9.78 Å². The first-order valence-electron chi connectivity index (χ1n) is 9.81. The average molecular weight is 481 g/mol. The summed E-state index contributed by atoms with van der Waals surface area (Å²) in [4.78, 5) is 12.5. The quantitative estimate of drug-likeness (QED) is 0.383. The van der Waals surface area contributed by atoms with Gasteiger partial charge in [-0.25, -0.2) is 9.48 Å². The van der Waals surface area contributed by atoms with Gasteiger partial charge in [0, 0.05) is 15.6 Å². The number of hydrogen-bond donors (Lipinski definition) is 0. The number of hydrogen-bond acceptors (Lipinski definition) is 3. The summed E-state index contributed by atoms with van der Waals surface area (Å²) in [5.74, 6) is -0.611. The van der Waals surface area contributed by atoms with Gasteiger partial charge in [0.15, 0.2) is 5.69 Å². The summed E-state index contributed by atoms with van der Waals surface area (Å²) in [6, 6.07) is 9.89. The number of rotatable bonds is 4. The van der Waals surface area contributed by atoms with Gasteiger partial charge in [0.2, 0.25) is 0 Å². The van der Waals surface area contributed by atoms with Crippen molar-refractivity contribution < 1.29 is 22.7 Å². The zero-order valence-electron chi connectivity index (χ0n) is 16.8. The predicted molar refractivity (Wildman–Crippen MR) is 117 cm³/mol. The number of aromatic nitrogens is 2. The Balaban J connectivity index is 1.90. The minimum Gasteiger partial charge on any atom is -0.461 e. The third-order valence-corrected chi connectivity index (χ3v) is 5.67. The second kappa shape index (κ2) is 8.64. The lowest BCUT2D eigenvalue weighted by atomic mass is 10.1. The maximum Gasteiger partial charge on any atom is 0.416 e. The molecular weight excluding hydrogens is 464 g/mol. The molecule has 0 bridgehead atoms. The highest BCUT2D eigenvalue weighted by Gasteiger charge is 2.33. The molecule has 0 spiro atoms. The lowest BCUT2D eigenvalue weighted by Crippen LogP contribution is -2.10. The van der Waals surface area contributed by atoms with Crippen LogP contribution in [0.15, 0.2) is 42.5 Å². The molecule has 166 valence electrons. The standard InChI is InChI=1S/C23H17Cl2F3N2O2/c1-2-32-22(31)20-18-9-7-14(10-13-6-8-16(24)12-19(13)25)21(18)30(29-20)17-5-3-4-15(11-17)23(26,27)28/h3-6,8,10-12H,2,7,9H2,1H3/b14-10-. The molecule has 4 nitrogen and oxygen atoms in total. The molecule has 0 amide bonds. The molecule has 0 atom stereocenters. The molecular formula is C23H17Cl2F3N2O2. The van der Waals surface area contributed by atoms with Crippen LogP contribution in [0, 0.1) is 0 Å². The molecule has 1 aliphatic rings. The summed E-state index contributed by atoms with van der Waals surface area (Å²) in [7, 11) is 0. The van der Waals surface area contributed by atoms with E-state index in [9.17, 15) is 18.0 Å². The van der Waals surface area contributed by atoms with Gasteiger partial charge in [0.1, 0.15) is 0 Å². The average Bonchev–Trinajstić information content (AvgIpc) is 3.31. The zero-order chi connectivity index (χ0) is 23.0. The molecule has 1 aliphatic carbocycles. The Morgan fingerprint density at radius 2 is 1.97 bits per heavy atom. The van der Waals surface area contributed by atoms with Gasteiger partial charge < -0.3 is 4.74 Å². The summed E-state index contributed by atoms with van der Waals surface area (Å²) in [5, 5.41) is 5.28. The van der Waals surface area contributed by atoms with Gasteiger partial charge in [-0.05, 0) is 67.3 Å². The van der Waals surface area contributed by atoms with E-state index in [1.807, 2.05) is 6.08 Å². The number of alkyl halides is 3. The van der Waals surface area contributed by atoms with Gasteiger partial charge in [-0.15, -0.1) is 0 Å². The van der Waals surface area contributed by atoms with Crippen molar-refractivity contribution in [3.8, 4) is 5.69 Å². The van der Waals surface area contributed by atoms with Gasteiger partial charge in [-0.1, -0.05) is 35.3 Å². The number of allylic oxidation sites excluding steroid dienone is 1. The Hall–Kier alpha value is -2.77. The second-order valence-corrected chi connectivity index (χ2v) is 8.04. The lowest BCUT2D eigenvalue weighted by Gasteiger charge is -2.12. The number of nitrogens with zero attached hydrogens (tertiary/aromatic N) is 2. The van der Waals surface area contributed by atoms with E-state index in [1.54, 1.807) is 25.1 Å². The molecule has 4 rings (SSSR count). The fourth-order valence-corrected chi connectivity index (χ4v) is 4.17. The van der Waals surface area contributed by atoms with E-state index in [0.29, 0.717) is 39.7 Å². The summed E-state index contributed by atoms with van der Waals surface area (Å²) >= 11 is 12.3. The summed E-state index contributed by atoms with van der Waals surface area (Å²) in [6.45, 7) is 1.84. The van der Waals surface area contributed by atoms with Crippen molar-refractivity contribution in [1.29, 1.82) is 0 Å². The van der Waals surface area contributed by atoms with E-state index in [1.165, 1.54) is 16.8 Å². The van der Waals surface area contributed by atoms with Crippen LogP contribution < -0.4 is 0 Å². The summed E-state index contributed by atoms with van der Waals surface area (Å²) in [5.41, 5.74) is 2.20. The van der Waals surface area contributed by atoms with Crippen LogP contribution >= 0.6 is 23.2 Å². The minimum atomic E-state index is -4.51. The number of ether oxygens (including phenoxy) is 1. The fraction of sp³-hybridized carbons (Fsp3) is 0.217. The van der Waals surface area contributed by atoms with Crippen molar-refractivity contribution in [3.05, 3.63) is 80.6 Å². The van der Waals surface area contributed by atoms with E-state index in [-0.39, 0.29) is 18.0 Å². The third kappa shape index (κ3) is 4.27. The molecule has 0 fully saturated rings. The maximum absolute atomic E-state index is 13.3. The summed E-state index contributed by atoms with van der Waals surface area (Å²) in [6.07, 6.45) is -1.60. The topological polar surface area (TPSA) is 44.1 Å². The third-order valence-electron chi connectivity index (χ3n) is 5.11. The number of fused-ring (bicyclic) bond motifs is 1. The minimum absolute atomic E-state index is 0.102. The highest BCUT2D eigenvalue weighted by Crippen LogP contribution is 2.39. The molecule has 2 aromatic carbocycles. The monoisotopic (exact) mass is 480 g/mol. The van der Waals surface area contributed by atoms with Gasteiger partial charge in [0.25, 0.3) is 0 Å². The van der Waals surface area contributed by atoms with Crippen LogP contribution in [0.3, 0.4) is 0 Å². The van der Waals surface area contributed by atoms with Gasteiger partial charge in [-0.2, -0.15) is 18.3 Å². The van der Waals surface area contributed by atoms with Gasteiger partial charge in [-0.3, -0.25) is 0 Å². The van der Waals surface area contributed by atoms with Crippen LogP contribution in [0.4, 0.5) is 13.2 Å². The highest BCUT2D eigenvalue weighted by atomic mass is 35.5. The molecule has 1 heterocycles. The van der Waals surface area contributed by atoms with E-state index in [4.69, 9.17) is 27.9 Å². The number of esters is 1. The molecule has 9 heteroatoms. The van der Waals surface area contributed by atoms with Crippen LogP contribution in [0.25, 0.3) is 17.3 Å². The first kappa shape index (κ1) is 22.4. The maximum atomic E-state index is 13.3. The molecule has 0 saturated heterocycles. The number of halogens is 5. The number of carbonyl (C=O) groups excluding carboxylic acids is 1. The van der Waals surface area contributed by atoms with E-state index in [0.717, 1.165) is 17.7 Å². The highest BCUT2D eigenvalue weighted by molar-refractivity contribution is 6.35. The number of carbonyl (C=O) groups is 1. The van der Waals surface area contributed by atoms with Crippen molar-refractivity contribution in [2.75, 3.05) is 6.61 Å². The van der Waals surface area contributed by atoms with Crippen molar-refractivity contribution in [2.45, 2.75) is 25.9 Å². The Kier molecular flexibility index (Phi) is 6.05. The molecule has 32 heavy (non-hydrogen) atoms. The Bertz CT molecular complexity index is 1230. The van der Waals surface area contributed by atoms with Crippen LogP contribution in [0.1, 0.15) is 46.2 Å². The Morgan fingerprint density at radius 3 is 2.66 bits per heavy atom. The largest absolute Gasteiger partial charge is 0.461 e. The molecule has 0 radical (unpaired) electrons. The second-order valence-electron chi connectivity index (χ2n) is 7.19. The van der Waals surface area contributed by atoms with Gasteiger partial charge >= 0.3 is 12.1 Å². The van der Waals surface area contributed by atoms with E-state index in [2.05, 4.69) is 5.10 Å². The molecule has 1 aromatic heterocycles. The first-order valence-corrected chi connectivity index (χ1v) is 10.6. The van der Waals surface area contributed by atoms with Crippen molar-refractivity contribution in [2.24, 2.45) is 0 Å². The smallest absolute Gasteiger partial charge is 0.416 e. The summed E-state index contributed by atoms with van der Waals surface area (Å²) < 4.78 is 46.4. The van der Waals surface area contributed by atoms with Crippen molar-refractivity contribution in [3.63, 3.8) is 0 Å². The van der Waals surface area contributed by atoms with Crippen LogP contribution in [0.5, 0.6) is 0 Å². The van der Waals surface area contributed by atoms with E-state index < -0.39 is 17.7 Å². The SMILES string of the molecule is CCOC(=O)c1nn(-c2cccc(C(F)(F)F)c2)c2c1CC/C2=C/c1ccc(Cl)cc1Cl.